The highest BCUT2D eigenvalue weighted by atomic mass is 32.2. The number of carbonyl (C=O) groups is 2. The summed E-state index contributed by atoms with van der Waals surface area (Å²) in [5.41, 5.74) is 0.216. The van der Waals surface area contributed by atoms with Crippen LogP contribution in [0.3, 0.4) is 0 Å². The van der Waals surface area contributed by atoms with Crippen LogP contribution < -0.4 is 10.0 Å². The lowest BCUT2D eigenvalue weighted by Gasteiger charge is -2.12. The number of hydrogen-bond acceptors (Lipinski definition) is 7. The van der Waals surface area contributed by atoms with Crippen molar-refractivity contribution in [1.29, 1.82) is 0 Å². The van der Waals surface area contributed by atoms with Crippen LogP contribution in [0, 0.1) is 0 Å². The second-order valence-electron chi connectivity index (χ2n) is 6.74. The molecular weight excluding hydrogens is 432 g/mol. The zero-order chi connectivity index (χ0) is 21.8. The van der Waals surface area contributed by atoms with Gasteiger partial charge in [-0.1, -0.05) is 24.3 Å². The van der Waals surface area contributed by atoms with Gasteiger partial charge in [-0.2, -0.15) is 0 Å². The van der Waals surface area contributed by atoms with Crippen molar-refractivity contribution < 1.29 is 31.2 Å². The molecule has 0 aromatic heterocycles. The van der Waals surface area contributed by atoms with E-state index in [2.05, 4.69) is 10.0 Å². The fraction of sp³-hybridized carbons (Fsp3) is 0.263. The lowest BCUT2D eigenvalue weighted by Crippen LogP contribution is -2.38. The maximum atomic E-state index is 12.4. The molecule has 0 saturated carbocycles. The summed E-state index contributed by atoms with van der Waals surface area (Å²) < 4.78 is 54.9. The van der Waals surface area contributed by atoms with Crippen LogP contribution in [0.15, 0.2) is 59.5 Å². The van der Waals surface area contributed by atoms with E-state index in [1.807, 2.05) is 0 Å². The Morgan fingerprint density at radius 1 is 1.07 bits per heavy atom. The molecule has 0 spiro atoms. The molecule has 160 valence electrons. The van der Waals surface area contributed by atoms with E-state index in [1.54, 1.807) is 18.2 Å². The predicted molar refractivity (Wildman–Crippen MR) is 109 cm³/mol. The Morgan fingerprint density at radius 3 is 2.47 bits per heavy atom. The van der Waals surface area contributed by atoms with Crippen LogP contribution in [0.25, 0.3) is 0 Å². The third kappa shape index (κ3) is 5.80. The van der Waals surface area contributed by atoms with E-state index in [-0.39, 0.29) is 27.7 Å². The van der Waals surface area contributed by atoms with Gasteiger partial charge >= 0.3 is 5.97 Å². The fourth-order valence-corrected chi connectivity index (χ4v) is 5.66. The zero-order valence-corrected chi connectivity index (χ0v) is 17.4. The molecule has 1 atom stereocenters. The monoisotopic (exact) mass is 452 g/mol. The summed E-state index contributed by atoms with van der Waals surface area (Å²) in [6.07, 6.45) is 0.325. The fourth-order valence-electron chi connectivity index (χ4n) is 2.92. The first-order valence-corrected chi connectivity index (χ1v) is 12.3. The maximum Gasteiger partial charge on any atom is 0.338 e. The van der Waals surface area contributed by atoms with Gasteiger partial charge in [0.25, 0.3) is 15.9 Å². The van der Waals surface area contributed by atoms with Gasteiger partial charge in [-0.15, -0.1) is 0 Å². The van der Waals surface area contributed by atoms with Gasteiger partial charge in [0.05, 0.1) is 22.0 Å². The number of benzene rings is 2. The van der Waals surface area contributed by atoms with E-state index in [9.17, 15) is 26.4 Å². The first-order chi connectivity index (χ1) is 14.1. The molecule has 2 aromatic carbocycles. The summed E-state index contributed by atoms with van der Waals surface area (Å²) in [6, 6.07) is 12.9. The Balaban J connectivity index is 1.57. The van der Waals surface area contributed by atoms with Crippen molar-refractivity contribution in [3.05, 3.63) is 60.2 Å². The largest absolute Gasteiger partial charge is 0.452 e. The van der Waals surface area contributed by atoms with Crippen LogP contribution in [-0.2, 0) is 29.4 Å². The van der Waals surface area contributed by atoms with Gasteiger partial charge in [-0.25, -0.2) is 21.6 Å². The van der Waals surface area contributed by atoms with E-state index < -0.39 is 44.4 Å². The number of sulfone groups is 1. The average molecular weight is 453 g/mol. The number of ether oxygens (including phenoxy) is 1. The third-order valence-electron chi connectivity index (χ3n) is 4.34. The number of amides is 1. The lowest BCUT2D eigenvalue weighted by molar-refractivity contribution is -0.124. The normalized spacial score (nSPS) is 17.8. The van der Waals surface area contributed by atoms with Crippen molar-refractivity contribution in [2.24, 2.45) is 0 Å². The van der Waals surface area contributed by atoms with Crippen molar-refractivity contribution in [3.8, 4) is 0 Å². The number of esters is 1. The van der Waals surface area contributed by atoms with Crippen molar-refractivity contribution in [3.63, 3.8) is 0 Å². The van der Waals surface area contributed by atoms with Crippen molar-refractivity contribution >= 4 is 37.4 Å². The number of hydrogen-bond donors (Lipinski definition) is 2. The molecule has 1 aliphatic heterocycles. The van der Waals surface area contributed by atoms with Gasteiger partial charge in [0.15, 0.2) is 16.4 Å². The highest BCUT2D eigenvalue weighted by Crippen LogP contribution is 2.17. The highest BCUT2D eigenvalue weighted by molar-refractivity contribution is 7.92. The van der Waals surface area contributed by atoms with E-state index in [1.165, 1.54) is 36.4 Å². The Hall–Kier alpha value is -2.92. The van der Waals surface area contributed by atoms with Crippen molar-refractivity contribution in [1.82, 2.24) is 5.32 Å². The summed E-state index contributed by atoms with van der Waals surface area (Å²) in [6.45, 7) is -0.574. The zero-order valence-electron chi connectivity index (χ0n) is 15.8. The minimum atomic E-state index is -3.82. The second kappa shape index (κ2) is 8.84. The van der Waals surface area contributed by atoms with Crippen molar-refractivity contribution in [2.75, 3.05) is 22.8 Å². The molecule has 3 rings (SSSR count). The van der Waals surface area contributed by atoms with Crippen LogP contribution >= 0.6 is 0 Å². The third-order valence-corrected chi connectivity index (χ3v) is 7.50. The van der Waals surface area contributed by atoms with Crippen molar-refractivity contribution in [2.45, 2.75) is 17.4 Å². The number of carbonyl (C=O) groups excluding carboxylic acids is 2. The first-order valence-electron chi connectivity index (χ1n) is 8.99. The summed E-state index contributed by atoms with van der Waals surface area (Å²) in [5.74, 6) is -1.53. The van der Waals surface area contributed by atoms with Gasteiger partial charge in [-0.05, 0) is 36.8 Å². The average Bonchev–Trinajstić information content (AvgIpc) is 3.05. The van der Waals surface area contributed by atoms with Crippen LogP contribution in [0.5, 0.6) is 0 Å². The molecule has 0 bridgehead atoms. The molecule has 0 radical (unpaired) electrons. The van der Waals surface area contributed by atoms with E-state index >= 15 is 0 Å². The number of sulfonamides is 1. The van der Waals surface area contributed by atoms with Crippen LogP contribution in [-0.4, -0.2) is 52.9 Å². The molecule has 9 nitrogen and oxygen atoms in total. The standard InChI is InChI=1S/C19H20N2O7S2/c22-18(20-16-9-10-29(24,25)13-16)12-28-19(23)14-5-4-6-15(11-14)21-30(26,27)17-7-2-1-3-8-17/h1-8,11,16,21H,9-10,12-13H2,(H,20,22). The van der Waals surface area contributed by atoms with Gasteiger partial charge < -0.3 is 10.1 Å². The molecule has 30 heavy (non-hydrogen) atoms. The summed E-state index contributed by atoms with van der Waals surface area (Å²) >= 11 is 0. The Bertz CT molecular complexity index is 1150. The summed E-state index contributed by atoms with van der Waals surface area (Å²) in [5, 5.41) is 2.51. The Kier molecular flexibility index (Phi) is 6.42. The molecule has 1 fully saturated rings. The highest BCUT2D eigenvalue weighted by Gasteiger charge is 2.29. The second-order valence-corrected chi connectivity index (χ2v) is 10.7. The molecular formula is C19H20N2O7S2. The lowest BCUT2D eigenvalue weighted by atomic mass is 10.2. The minimum absolute atomic E-state index is 0.0173. The minimum Gasteiger partial charge on any atom is -0.452 e. The molecule has 2 N–H and O–H groups in total. The smallest absolute Gasteiger partial charge is 0.338 e. The number of nitrogens with one attached hydrogen (secondary N) is 2. The van der Waals surface area contributed by atoms with E-state index in [4.69, 9.17) is 4.74 Å². The number of rotatable bonds is 7. The summed E-state index contributed by atoms with van der Waals surface area (Å²) in [7, 11) is -6.95. The van der Waals surface area contributed by atoms with Gasteiger partial charge in [-0.3, -0.25) is 9.52 Å². The summed E-state index contributed by atoms with van der Waals surface area (Å²) in [4.78, 5) is 24.2. The number of anilines is 1. The molecule has 1 saturated heterocycles. The maximum absolute atomic E-state index is 12.4. The van der Waals surface area contributed by atoms with Gasteiger partial charge in [0, 0.05) is 11.7 Å². The quantitative estimate of drug-likeness (QED) is 0.597. The van der Waals surface area contributed by atoms with Gasteiger partial charge in [0.2, 0.25) is 0 Å². The Morgan fingerprint density at radius 2 is 1.80 bits per heavy atom. The van der Waals surface area contributed by atoms with Gasteiger partial charge in [0.1, 0.15) is 0 Å². The molecule has 1 unspecified atom stereocenters. The molecule has 1 heterocycles. The predicted octanol–water partition coefficient (Wildman–Crippen LogP) is 0.947. The first kappa shape index (κ1) is 21.8. The SMILES string of the molecule is O=C(COC(=O)c1cccc(NS(=O)(=O)c2ccccc2)c1)NC1CCS(=O)(=O)C1. The molecule has 0 aliphatic carbocycles. The van der Waals surface area contributed by atoms with Crippen LogP contribution in [0.2, 0.25) is 0 Å². The van der Waals surface area contributed by atoms with Crippen LogP contribution in [0.1, 0.15) is 16.8 Å². The van der Waals surface area contributed by atoms with E-state index in [0.717, 1.165) is 0 Å². The molecule has 1 amide bonds. The molecule has 1 aliphatic rings. The topological polar surface area (TPSA) is 136 Å². The van der Waals surface area contributed by atoms with Crippen LogP contribution in [0.4, 0.5) is 5.69 Å². The Labute approximate surface area is 174 Å². The van der Waals surface area contributed by atoms with E-state index in [0.29, 0.717) is 6.42 Å². The molecule has 2 aromatic rings. The molecule has 11 heteroatoms.